The predicted octanol–water partition coefficient (Wildman–Crippen LogP) is 2.67. The standard InChI is InChI=1S/C14H16N2O3/c1-18-14(17)10-6-4-9(5-7-10)12-11-3-2-8-15-13(11)19-16-12/h2-3,8-10H,4-7H2,1H3/t9-,10-. The number of hydrogen-bond donors (Lipinski definition) is 0. The van der Waals surface area contributed by atoms with Crippen LogP contribution in [0.15, 0.2) is 22.9 Å². The number of hydrogen-bond acceptors (Lipinski definition) is 5. The molecule has 0 radical (unpaired) electrons. The van der Waals surface area contributed by atoms with E-state index in [0.717, 1.165) is 36.8 Å². The number of rotatable bonds is 2. The first-order valence-corrected chi connectivity index (χ1v) is 6.57. The number of carbonyl (C=O) groups excluding carboxylic acids is 1. The maximum Gasteiger partial charge on any atom is 0.308 e. The fourth-order valence-corrected chi connectivity index (χ4v) is 2.86. The van der Waals surface area contributed by atoms with Crippen LogP contribution in [0.4, 0.5) is 0 Å². The van der Waals surface area contributed by atoms with Crippen molar-refractivity contribution >= 4 is 17.1 Å². The van der Waals surface area contributed by atoms with Crippen LogP contribution in [0.5, 0.6) is 0 Å². The van der Waals surface area contributed by atoms with Crippen LogP contribution < -0.4 is 0 Å². The number of nitrogens with zero attached hydrogens (tertiary/aromatic N) is 2. The van der Waals surface area contributed by atoms with Gasteiger partial charge in [0.05, 0.1) is 24.1 Å². The normalized spacial score (nSPS) is 23.4. The van der Waals surface area contributed by atoms with Crippen LogP contribution in [-0.4, -0.2) is 23.2 Å². The Hall–Kier alpha value is -1.91. The van der Waals surface area contributed by atoms with Gasteiger partial charge in [-0.15, -0.1) is 0 Å². The molecule has 0 N–H and O–H groups in total. The van der Waals surface area contributed by atoms with Gasteiger partial charge in [-0.2, -0.15) is 0 Å². The average Bonchev–Trinajstić information content (AvgIpc) is 2.90. The zero-order valence-electron chi connectivity index (χ0n) is 10.8. The van der Waals surface area contributed by atoms with Crippen molar-refractivity contribution < 1.29 is 14.1 Å². The van der Waals surface area contributed by atoms with E-state index in [2.05, 4.69) is 10.1 Å². The maximum atomic E-state index is 11.5. The van der Waals surface area contributed by atoms with Gasteiger partial charge in [-0.25, -0.2) is 4.98 Å². The monoisotopic (exact) mass is 260 g/mol. The summed E-state index contributed by atoms with van der Waals surface area (Å²) in [6.45, 7) is 0. The van der Waals surface area contributed by atoms with Gasteiger partial charge < -0.3 is 9.26 Å². The van der Waals surface area contributed by atoms with E-state index in [1.807, 2.05) is 12.1 Å². The number of ether oxygens (including phenoxy) is 1. The molecule has 5 nitrogen and oxygen atoms in total. The zero-order valence-corrected chi connectivity index (χ0v) is 10.8. The molecule has 19 heavy (non-hydrogen) atoms. The summed E-state index contributed by atoms with van der Waals surface area (Å²) in [7, 11) is 1.45. The second kappa shape index (κ2) is 4.99. The van der Waals surface area contributed by atoms with Gasteiger partial charge in [-0.05, 0) is 37.8 Å². The molecule has 0 spiro atoms. The molecular formula is C14H16N2O3. The fourth-order valence-electron chi connectivity index (χ4n) is 2.86. The molecule has 1 aliphatic carbocycles. The Morgan fingerprint density at radius 3 is 2.89 bits per heavy atom. The van der Waals surface area contributed by atoms with Gasteiger partial charge in [0.15, 0.2) is 0 Å². The third-order valence-electron chi connectivity index (χ3n) is 3.93. The van der Waals surface area contributed by atoms with Crippen molar-refractivity contribution in [1.29, 1.82) is 0 Å². The highest BCUT2D eigenvalue weighted by Crippen LogP contribution is 2.38. The van der Waals surface area contributed by atoms with E-state index in [-0.39, 0.29) is 11.9 Å². The molecule has 0 bridgehead atoms. The Morgan fingerprint density at radius 2 is 2.16 bits per heavy atom. The molecule has 2 heterocycles. The second-order valence-corrected chi connectivity index (χ2v) is 5.00. The molecule has 0 amide bonds. The lowest BCUT2D eigenvalue weighted by atomic mass is 9.80. The molecule has 0 unspecified atom stereocenters. The summed E-state index contributed by atoms with van der Waals surface area (Å²) in [6.07, 6.45) is 5.29. The zero-order chi connectivity index (χ0) is 13.2. The first-order chi connectivity index (χ1) is 9.29. The van der Waals surface area contributed by atoms with Crippen molar-refractivity contribution in [2.45, 2.75) is 31.6 Å². The third kappa shape index (κ3) is 2.20. The molecule has 0 atom stereocenters. The third-order valence-corrected chi connectivity index (χ3v) is 3.93. The molecule has 100 valence electrons. The van der Waals surface area contributed by atoms with Crippen LogP contribution in [0.1, 0.15) is 37.3 Å². The fraction of sp³-hybridized carbons (Fsp3) is 0.500. The molecule has 1 aliphatic rings. The van der Waals surface area contributed by atoms with Gasteiger partial charge in [0.1, 0.15) is 0 Å². The summed E-state index contributed by atoms with van der Waals surface area (Å²) >= 11 is 0. The summed E-state index contributed by atoms with van der Waals surface area (Å²) in [5.41, 5.74) is 1.57. The molecule has 1 fully saturated rings. The minimum Gasteiger partial charge on any atom is -0.469 e. The molecule has 3 rings (SSSR count). The summed E-state index contributed by atoms with van der Waals surface area (Å²) in [4.78, 5) is 15.7. The van der Waals surface area contributed by atoms with Crippen molar-refractivity contribution in [3.63, 3.8) is 0 Å². The average molecular weight is 260 g/mol. The second-order valence-electron chi connectivity index (χ2n) is 5.00. The van der Waals surface area contributed by atoms with Gasteiger partial charge in [-0.3, -0.25) is 4.79 Å². The van der Waals surface area contributed by atoms with Crippen molar-refractivity contribution in [2.75, 3.05) is 7.11 Å². The van der Waals surface area contributed by atoms with Crippen LogP contribution >= 0.6 is 0 Å². The molecule has 0 aliphatic heterocycles. The lowest BCUT2D eigenvalue weighted by Gasteiger charge is -2.25. The SMILES string of the molecule is COC(=O)[C@H]1CC[C@H](c2noc3ncccc32)CC1. The van der Waals surface area contributed by atoms with Crippen molar-refractivity contribution in [3.05, 3.63) is 24.0 Å². The molecular weight excluding hydrogens is 244 g/mol. The number of esters is 1. The molecule has 5 heteroatoms. The van der Waals surface area contributed by atoms with Crippen molar-refractivity contribution in [3.8, 4) is 0 Å². The highest BCUT2D eigenvalue weighted by molar-refractivity contribution is 5.76. The van der Waals surface area contributed by atoms with Gasteiger partial charge >= 0.3 is 5.97 Å². The van der Waals surface area contributed by atoms with E-state index in [1.165, 1.54) is 7.11 Å². The Kier molecular flexibility index (Phi) is 3.19. The summed E-state index contributed by atoms with van der Waals surface area (Å²) in [5, 5.41) is 5.15. The molecule has 1 saturated carbocycles. The van der Waals surface area contributed by atoms with E-state index in [4.69, 9.17) is 9.26 Å². The topological polar surface area (TPSA) is 65.2 Å². The van der Waals surface area contributed by atoms with Crippen LogP contribution in [0.25, 0.3) is 11.1 Å². The van der Waals surface area contributed by atoms with E-state index < -0.39 is 0 Å². The highest BCUT2D eigenvalue weighted by atomic mass is 16.5. The largest absolute Gasteiger partial charge is 0.469 e. The number of methoxy groups -OCH3 is 1. The minimum absolute atomic E-state index is 0.0394. The molecule has 2 aromatic heterocycles. The summed E-state index contributed by atoms with van der Waals surface area (Å²) < 4.78 is 10.0. The lowest BCUT2D eigenvalue weighted by molar-refractivity contribution is -0.146. The minimum atomic E-state index is -0.0925. The number of pyridine rings is 1. The van der Waals surface area contributed by atoms with Gasteiger partial charge in [0, 0.05) is 12.1 Å². The lowest BCUT2D eigenvalue weighted by Crippen LogP contribution is -2.22. The molecule has 0 saturated heterocycles. The van der Waals surface area contributed by atoms with E-state index in [0.29, 0.717) is 11.6 Å². The van der Waals surface area contributed by atoms with E-state index in [9.17, 15) is 4.79 Å². The Bertz CT molecular complexity index is 585. The maximum absolute atomic E-state index is 11.5. The quantitative estimate of drug-likeness (QED) is 0.777. The number of fused-ring (bicyclic) bond motifs is 1. The first-order valence-electron chi connectivity index (χ1n) is 6.57. The van der Waals surface area contributed by atoms with E-state index >= 15 is 0 Å². The van der Waals surface area contributed by atoms with Gasteiger partial charge in [0.2, 0.25) is 0 Å². The van der Waals surface area contributed by atoms with Crippen LogP contribution in [0, 0.1) is 5.92 Å². The first kappa shape index (κ1) is 12.1. The van der Waals surface area contributed by atoms with Crippen LogP contribution in [-0.2, 0) is 9.53 Å². The Morgan fingerprint density at radius 1 is 1.37 bits per heavy atom. The van der Waals surface area contributed by atoms with Crippen LogP contribution in [0.2, 0.25) is 0 Å². The predicted molar refractivity (Wildman–Crippen MR) is 68.5 cm³/mol. The highest BCUT2D eigenvalue weighted by Gasteiger charge is 2.30. The van der Waals surface area contributed by atoms with Crippen LogP contribution in [0.3, 0.4) is 0 Å². The molecule has 0 aromatic carbocycles. The smallest absolute Gasteiger partial charge is 0.308 e. The summed E-state index contributed by atoms with van der Waals surface area (Å²) in [6, 6.07) is 3.88. The Labute approximate surface area is 110 Å². The summed E-state index contributed by atoms with van der Waals surface area (Å²) in [5.74, 6) is 0.300. The Balaban J connectivity index is 1.77. The van der Waals surface area contributed by atoms with E-state index in [1.54, 1.807) is 6.20 Å². The van der Waals surface area contributed by atoms with Gasteiger partial charge in [-0.1, -0.05) is 5.16 Å². The number of aromatic nitrogens is 2. The van der Waals surface area contributed by atoms with Crippen molar-refractivity contribution in [2.24, 2.45) is 5.92 Å². The number of carbonyl (C=O) groups is 1. The van der Waals surface area contributed by atoms with Crippen molar-refractivity contribution in [1.82, 2.24) is 10.1 Å². The molecule has 2 aromatic rings. The van der Waals surface area contributed by atoms with Gasteiger partial charge in [0.25, 0.3) is 5.71 Å².